The number of carbonyl (C=O) groups excluding carboxylic acids is 7. The summed E-state index contributed by atoms with van der Waals surface area (Å²) in [6.07, 6.45) is 9.22. The number of aromatic hydroxyl groups is 1. The Kier molecular flexibility index (Phi) is 34.1. The lowest BCUT2D eigenvalue weighted by Gasteiger charge is -2.36. The van der Waals surface area contributed by atoms with Crippen LogP contribution in [0, 0.1) is 11.8 Å². The number of allylic oxidation sites excluding steroid dienone is 1. The molecule has 0 spiro atoms. The maximum absolute atomic E-state index is 13.9. The highest BCUT2D eigenvalue weighted by atomic mass is 32.1. The van der Waals surface area contributed by atoms with Gasteiger partial charge in [-0.1, -0.05) is 66.5 Å². The molecule has 6 amide bonds. The summed E-state index contributed by atoms with van der Waals surface area (Å²) in [6.45, 7) is 15.7. The molecule has 0 aliphatic rings. The Morgan fingerprint density at radius 2 is 1.47 bits per heavy atom. The molecule has 20 nitrogen and oxygen atoms in total. The van der Waals surface area contributed by atoms with Crippen LogP contribution in [-0.4, -0.2) is 153 Å². The lowest BCUT2D eigenvalue weighted by atomic mass is 9.95. The van der Waals surface area contributed by atoms with E-state index in [2.05, 4.69) is 49.2 Å². The molecular weight excluding hydrogens is 975 g/mol. The molecule has 0 saturated carbocycles. The molecule has 0 bridgehead atoms. The highest BCUT2D eigenvalue weighted by Gasteiger charge is 2.31. The second-order valence-corrected chi connectivity index (χ2v) is 19.2. The number of rotatable bonds is 40. The van der Waals surface area contributed by atoms with E-state index in [9.17, 15) is 38.7 Å². The molecule has 416 valence electrons. The zero-order valence-electron chi connectivity index (χ0n) is 44.9. The molecule has 0 aliphatic carbocycles. The third-order valence-corrected chi connectivity index (χ3v) is 12.6. The van der Waals surface area contributed by atoms with Crippen molar-refractivity contribution in [2.45, 2.75) is 137 Å². The third kappa shape index (κ3) is 27.7. The van der Waals surface area contributed by atoms with E-state index in [1.54, 1.807) is 43.6 Å². The molecule has 1 heterocycles. The van der Waals surface area contributed by atoms with Crippen molar-refractivity contribution in [1.29, 1.82) is 0 Å². The van der Waals surface area contributed by atoms with E-state index >= 15 is 0 Å². The number of ether oxygens (including phenoxy) is 5. The minimum Gasteiger partial charge on any atom is -0.508 e. The number of thiazole rings is 1. The number of aldehydes is 1. The SMILES string of the molecule is CCCCC(=O)N(CCC)C(C[C@@H](OCCC)c1nc(C(=O)N[C@@H](Cc2ccc(O)cc2)C[C@H](C)C(=O)NNC(=O)OCCOCCOCCOCCNC(=O)CCCCCN(C)C(=O)/C=C\C=O)cs1)C(C)C. The third-order valence-electron chi connectivity index (χ3n) is 11.7. The summed E-state index contributed by atoms with van der Waals surface area (Å²) in [5.41, 5.74) is 5.66. The molecule has 0 aliphatic heterocycles. The summed E-state index contributed by atoms with van der Waals surface area (Å²) in [6, 6.07) is 5.97. The predicted octanol–water partition coefficient (Wildman–Crippen LogP) is 6.22. The molecule has 1 aromatic carbocycles. The smallest absolute Gasteiger partial charge is 0.426 e. The van der Waals surface area contributed by atoms with Crippen LogP contribution in [0.2, 0.25) is 0 Å². The maximum Gasteiger partial charge on any atom is 0.426 e. The zero-order chi connectivity index (χ0) is 54.5. The summed E-state index contributed by atoms with van der Waals surface area (Å²) >= 11 is 1.34. The predicted molar refractivity (Wildman–Crippen MR) is 282 cm³/mol. The normalized spacial score (nSPS) is 12.9. The van der Waals surface area contributed by atoms with Gasteiger partial charge < -0.3 is 49.2 Å². The lowest BCUT2D eigenvalue weighted by molar-refractivity contribution is -0.136. The van der Waals surface area contributed by atoms with E-state index in [0.717, 1.165) is 50.2 Å². The average molecular weight is 1060 g/mol. The molecule has 1 unspecified atom stereocenters. The standard InChI is InChI=1S/C53H85N7O13S/c1-8-11-17-49(65)60(24-9-2)45(39(4)5)37-46(72-27-10-3)52-56-44(38-74-52)51(67)55-42(36-41-19-21-43(62)22-20-41)35-40(6)50(66)57-58-53(68)73-34-33-71-32-31-70-30-29-69-28-23-54-47(63)16-13-12-14-25-59(7)48(64)18-15-26-61/h15,18-22,26,38-40,42,45-46,62H,8-14,16-17,23-25,27-37H2,1-7H3,(H,54,63)(H,55,67)(H,57,66)(H,58,68)/b18-15-/t40-,42+,45?,46+/m0/s1. The molecule has 2 rings (SSSR count). The Labute approximate surface area is 442 Å². The van der Waals surface area contributed by atoms with Crippen LogP contribution in [0.5, 0.6) is 5.75 Å². The minimum atomic E-state index is -0.881. The molecule has 5 N–H and O–H groups in total. The Balaban J connectivity index is 1.77. The highest BCUT2D eigenvalue weighted by Crippen LogP contribution is 2.31. The fraction of sp³-hybridized carbons (Fsp3) is 0.660. The summed E-state index contributed by atoms with van der Waals surface area (Å²) in [5.74, 6) is -1.51. The first-order valence-electron chi connectivity index (χ1n) is 26.2. The van der Waals surface area contributed by atoms with Crippen LogP contribution in [0.3, 0.4) is 0 Å². The number of nitrogens with zero attached hydrogens (tertiary/aromatic N) is 3. The molecule has 0 radical (unpaired) electrons. The number of carbonyl (C=O) groups is 7. The summed E-state index contributed by atoms with van der Waals surface area (Å²) < 4.78 is 27.9. The van der Waals surface area contributed by atoms with Gasteiger partial charge in [0.2, 0.25) is 23.6 Å². The fourth-order valence-corrected chi connectivity index (χ4v) is 8.50. The van der Waals surface area contributed by atoms with Crippen molar-refractivity contribution in [2.24, 2.45) is 11.8 Å². The monoisotopic (exact) mass is 1060 g/mol. The number of unbranched alkanes of at least 4 members (excludes halogenated alkanes) is 3. The number of aromatic nitrogens is 1. The molecule has 4 atom stereocenters. The van der Waals surface area contributed by atoms with Gasteiger partial charge in [0.1, 0.15) is 35.4 Å². The van der Waals surface area contributed by atoms with E-state index in [4.69, 9.17) is 28.7 Å². The van der Waals surface area contributed by atoms with E-state index in [0.29, 0.717) is 89.5 Å². The number of amides is 6. The Bertz CT molecular complexity index is 1970. The molecule has 0 saturated heterocycles. The van der Waals surface area contributed by atoms with Crippen LogP contribution in [-0.2, 0) is 54.1 Å². The van der Waals surface area contributed by atoms with Crippen molar-refractivity contribution in [3.63, 3.8) is 0 Å². The van der Waals surface area contributed by atoms with Gasteiger partial charge in [0.05, 0.1) is 39.6 Å². The van der Waals surface area contributed by atoms with Crippen LogP contribution in [0.25, 0.3) is 0 Å². The van der Waals surface area contributed by atoms with Crippen molar-refractivity contribution in [2.75, 3.05) is 79.5 Å². The molecule has 1 aromatic heterocycles. The first-order valence-corrected chi connectivity index (χ1v) is 27.1. The molecule has 2 aromatic rings. The number of hydrazine groups is 1. The lowest BCUT2D eigenvalue weighted by Crippen LogP contribution is -2.46. The number of likely N-dealkylation sites (N-methyl/N-ethyl adjacent to an activating group) is 1. The van der Waals surface area contributed by atoms with Gasteiger partial charge in [0.15, 0.2) is 0 Å². The minimum absolute atomic E-state index is 0.0710. The zero-order valence-corrected chi connectivity index (χ0v) is 45.7. The first kappa shape index (κ1) is 64.6. The van der Waals surface area contributed by atoms with Gasteiger partial charge in [-0.2, -0.15) is 0 Å². The second kappa shape index (κ2) is 39.0. The summed E-state index contributed by atoms with van der Waals surface area (Å²) in [7, 11) is 1.66. The van der Waals surface area contributed by atoms with Gasteiger partial charge in [0, 0.05) is 82.0 Å². The van der Waals surface area contributed by atoms with Crippen molar-refractivity contribution >= 4 is 53.3 Å². The van der Waals surface area contributed by atoms with Crippen LogP contribution < -0.4 is 21.5 Å². The van der Waals surface area contributed by atoms with Gasteiger partial charge in [-0.15, -0.1) is 11.3 Å². The van der Waals surface area contributed by atoms with Gasteiger partial charge in [-0.3, -0.25) is 34.2 Å². The Morgan fingerprint density at radius 1 is 0.784 bits per heavy atom. The van der Waals surface area contributed by atoms with E-state index in [-0.39, 0.29) is 74.0 Å². The molecule has 0 fully saturated rings. The van der Waals surface area contributed by atoms with Gasteiger partial charge in [-0.05, 0) is 74.6 Å². The van der Waals surface area contributed by atoms with Crippen molar-refractivity contribution < 1.29 is 62.4 Å². The topological polar surface area (TPSA) is 253 Å². The van der Waals surface area contributed by atoms with Crippen LogP contribution >= 0.6 is 11.3 Å². The van der Waals surface area contributed by atoms with Gasteiger partial charge >= 0.3 is 6.09 Å². The highest BCUT2D eigenvalue weighted by molar-refractivity contribution is 7.09. The van der Waals surface area contributed by atoms with Crippen LogP contribution in [0.15, 0.2) is 41.8 Å². The summed E-state index contributed by atoms with van der Waals surface area (Å²) in [5, 5.41) is 18.1. The van der Waals surface area contributed by atoms with E-state index in [1.807, 2.05) is 11.8 Å². The molecular formula is C53H85N7O13S. The maximum atomic E-state index is 13.9. The number of phenols is 1. The largest absolute Gasteiger partial charge is 0.508 e. The summed E-state index contributed by atoms with van der Waals surface area (Å²) in [4.78, 5) is 95.2. The van der Waals surface area contributed by atoms with Gasteiger partial charge in [-0.25, -0.2) is 15.2 Å². The van der Waals surface area contributed by atoms with Crippen LogP contribution in [0.1, 0.15) is 139 Å². The number of benzene rings is 1. The van der Waals surface area contributed by atoms with Gasteiger partial charge in [0.25, 0.3) is 5.91 Å². The number of hydrogen-bond donors (Lipinski definition) is 5. The number of phenolic OH excluding ortho intramolecular Hbond substituents is 1. The van der Waals surface area contributed by atoms with Crippen molar-refractivity contribution in [1.82, 2.24) is 36.3 Å². The van der Waals surface area contributed by atoms with Crippen molar-refractivity contribution in [3.05, 3.63) is 58.1 Å². The van der Waals surface area contributed by atoms with E-state index < -0.39 is 36.0 Å². The number of hydrogen-bond acceptors (Lipinski definition) is 15. The fourth-order valence-electron chi connectivity index (χ4n) is 7.64. The first-order chi connectivity index (χ1) is 35.6. The molecule has 21 heteroatoms. The Morgan fingerprint density at radius 3 is 2.12 bits per heavy atom. The average Bonchev–Trinajstić information content (AvgIpc) is 3.88. The van der Waals surface area contributed by atoms with E-state index in [1.165, 1.54) is 22.3 Å². The van der Waals surface area contributed by atoms with Crippen molar-refractivity contribution in [3.8, 4) is 5.75 Å². The Hall–Kier alpha value is -5.48. The molecule has 74 heavy (non-hydrogen) atoms. The van der Waals surface area contributed by atoms with Crippen LogP contribution in [0.4, 0.5) is 4.79 Å². The number of nitrogens with one attached hydrogen (secondary N) is 4. The second-order valence-electron chi connectivity index (χ2n) is 18.3. The quantitative estimate of drug-likeness (QED) is 0.0215.